The summed E-state index contributed by atoms with van der Waals surface area (Å²) < 4.78 is 6.94. The third-order valence-electron chi connectivity index (χ3n) is 3.22. The van der Waals surface area contributed by atoms with Crippen molar-refractivity contribution < 1.29 is 9.53 Å². The highest BCUT2D eigenvalue weighted by atomic mass is 16.5. The summed E-state index contributed by atoms with van der Waals surface area (Å²) in [6.07, 6.45) is 1.62. The fourth-order valence-corrected chi connectivity index (χ4v) is 2.28. The van der Waals surface area contributed by atoms with Crippen LogP contribution < -0.4 is 10.5 Å². The molecule has 2 heterocycles. The zero-order chi connectivity index (χ0) is 14.8. The van der Waals surface area contributed by atoms with Crippen LogP contribution in [0.2, 0.25) is 0 Å². The van der Waals surface area contributed by atoms with Crippen LogP contribution in [0.5, 0.6) is 5.75 Å². The number of ether oxygens (including phenoxy) is 1. The van der Waals surface area contributed by atoms with Crippen molar-refractivity contribution in [3.63, 3.8) is 0 Å². The molecule has 0 aliphatic heterocycles. The summed E-state index contributed by atoms with van der Waals surface area (Å²) in [6, 6.07) is 11.5. The molecule has 2 aromatic heterocycles. The second-order valence-electron chi connectivity index (χ2n) is 4.57. The summed E-state index contributed by atoms with van der Waals surface area (Å²) in [5.74, 6) is -0.0637. The molecule has 1 amide bonds. The van der Waals surface area contributed by atoms with E-state index in [0.717, 1.165) is 5.56 Å². The number of rotatable bonds is 4. The number of nitrogens with two attached hydrogens (primary N) is 1. The highest BCUT2D eigenvalue weighted by Crippen LogP contribution is 2.27. The number of carbonyl (C=O) groups is 1. The Kier molecular flexibility index (Phi) is 3.27. The minimum absolute atomic E-state index is 0.172. The highest BCUT2D eigenvalue weighted by molar-refractivity contribution is 6.05. The molecule has 21 heavy (non-hydrogen) atoms. The van der Waals surface area contributed by atoms with Gasteiger partial charge in [-0.2, -0.15) is 5.10 Å². The maximum Gasteiger partial charge on any atom is 0.270 e. The molecule has 0 saturated heterocycles. The molecule has 6 heteroatoms. The molecule has 0 unspecified atom stereocenters. The van der Waals surface area contributed by atoms with Gasteiger partial charge in [-0.1, -0.05) is 30.3 Å². The van der Waals surface area contributed by atoms with Crippen molar-refractivity contribution in [3.05, 3.63) is 53.9 Å². The number of fused-ring (bicyclic) bond motifs is 1. The van der Waals surface area contributed by atoms with Crippen molar-refractivity contribution in [3.8, 4) is 5.75 Å². The number of amides is 1. The second kappa shape index (κ2) is 5.24. The smallest absolute Gasteiger partial charge is 0.270 e. The lowest BCUT2D eigenvalue weighted by molar-refractivity contribution is 0.0996. The zero-order valence-corrected chi connectivity index (χ0v) is 11.5. The van der Waals surface area contributed by atoms with Crippen LogP contribution in [0.3, 0.4) is 0 Å². The number of benzene rings is 1. The van der Waals surface area contributed by atoms with E-state index >= 15 is 0 Å². The number of carbonyl (C=O) groups excluding carboxylic acids is 1. The van der Waals surface area contributed by atoms with E-state index in [2.05, 4.69) is 10.1 Å². The number of aromatic nitrogens is 3. The molecule has 0 fully saturated rings. The first-order valence-electron chi connectivity index (χ1n) is 6.44. The van der Waals surface area contributed by atoms with Crippen molar-refractivity contribution in [2.75, 3.05) is 7.11 Å². The van der Waals surface area contributed by atoms with E-state index in [9.17, 15) is 4.79 Å². The average Bonchev–Trinajstić information content (AvgIpc) is 2.87. The molecule has 0 bridgehead atoms. The first-order valence-corrected chi connectivity index (χ1v) is 6.44. The van der Waals surface area contributed by atoms with Gasteiger partial charge in [0.1, 0.15) is 5.75 Å². The first-order chi connectivity index (χ1) is 10.2. The van der Waals surface area contributed by atoms with Crippen molar-refractivity contribution in [1.29, 1.82) is 0 Å². The van der Waals surface area contributed by atoms with E-state index in [0.29, 0.717) is 23.3 Å². The quantitative estimate of drug-likeness (QED) is 0.787. The lowest BCUT2D eigenvalue weighted by Crippen LogP contribution is -2.13. The van der Waals surface area contributed by atoms with Crippen LogP contribution in [-0.2, 0) is 6.54 Å². The summed E-state index contributed by atoms with van der Waals surface area (Å²) in [5, 5.41) is 4.84. The van der Waals surface area contributed by atoms with E-state index in [-0.39, 0.29) is 5.69 Å². The van der Waals surface area contributed by atoms with E-state index in [1.165, 1.54) is 7.11 Å². The van der Waals surface area contributed by atoms with Gasteiger partial charge in [-0.05, 0) is 11.6 Å². The summed E-state index contributed by atoms with van der Waals surface area (Å²) in [4.78, 5) is 15.9. The van der Waals surface area contributed by atoms with Gasteiger partial charge in [0, 0.05) is 6.20 Å². The molecular formula is C15H14N4O2. The SMILES string of the molecule is COc1ccnc2c1c(C(N)=O)nn2Cc1ccccc1. The molecule has 1 aromatic carbocycles. The van der Waals surface area contributed by atoms with Gasteiger partial charge in [-0.3, -0.25) is 4.79 Å². The van der Waals surface area contributed by atoms with Crippen LogP contribution >= 0.6 is 0 Å². The van der Waals surface area contributed by atoms with Gasteiger partial charge in [-0.15, -0.1) is 0 Å². The van der Waals surface area contributed by atoms with E-state index < -0.39 is 5.91 Å². The lowest BCUT2D eigenvalue weighted by atomic mass is 10.2. The largest absolute Gasteiger partial charge is 0.496 e. The first kappa shape index (κ1) is 13.1. The monoisotopic (exact) mass is 282 g/mol. The molecule has 106 valence electrons. The van der Waals surface area contributed by atoms with Crippen LogP contribution in [0, 0.1) is 0 Å². The molecular weight excluding hydrogens is 268 g/mol. The van der Waals surface area contributed by atoms with Crippen molar-refractivity contribution in [2.45, 2.75) is 6.54 Å². The van der Waals surface area contributed by atoms with Gasteiger partial charge in [0.2, 0.25) is 0 Å². The Hall–Kier alpha value is -2.89. The Morgan fingerprint density at radius 2 is 2.05 bits per heavy atom. The number of nitrogens with zero attached hydrogens (tertiary/aromatic N) is 3. The van der Waals surface area contributed by atoms with Gasteiger partial charge in [0.05, 0.1) is 19.0 Å². The molecule has 3 aromatic rings. The molecule has 0 atom stereocenters. The van der Waals surface area contributed by atoms with Gasteiger partial charge in [0.15, 0.2) is 11.3 Å². The Morgan fingerprint density at radius 3 is 2.71 bits per heavy atom. The topological polar surface area (TPSA) is 83.0 Å². The predicted molar refractivity (Wildman–Crippen MR) is 78.1 cm³/mol. The lowest BCUT2D eigenvalue weighted by Gasteiger charge is -2.04. The molecule has 0 saturated carbocycles. The Labute approximate surface area is 121 Å². The minimum atomic E-state index is -0.599. The fourth-order valence-electron chi connectivity index (χ4n) is 2.28. The van der Waals surface area contributed by atoms with E-state index in [1.807, 2.05) is 30.3 Å². The van der Waals surface area contributed by atoms with E-state index in [4.69, 9.17) is 10.5 Å². The van der Waals surface area contributed by atoms with Crippen LogP contribution in [0.15, 0.2) is 42.6 Å². The summed E-state index contributed by atoms with van der Waals surface area (Å²) in [7, 11) is 1.54. The molecule has 3 rings (SSSR count). The highest BCUT2D eigenvalue weighted by Gasteiger charge is 2.19. The maximum absolute atomic E-state index is 11.6. The van der Waals surface area contributed by atoms with Gasteiger partial charge in [0.25, 0.3) is 5.91 Å². The second-order valence-corrected chi connectivity index (χ2v) is 4.57. The van der Waals surface area contributed by atoms with Crippen LogP contribution in [0.4, 0.5) is 0 Å². The maximum atomic E-state index is 11.6. The normalized spacial score (nSPS) is 10.7. The van der Waals surface area contributed by atoms with Crippen molar-refractivity contribution in [1.82, 2.24) is 14.8 Å². The Bertz CT molecular complexity index is 796. The molecule has 0 aliphatic carbocycles. The van der Waals surface area contributed by atoms with E-state index in [1.54, 1.807) is 16.9 Å². The Balaban J connectivity index is 2.18. The average molecular weight is 282 g/mol. The Morgan fingerprint density at radius 1 is 1.29 bits per heavy atom. The van der Waals surface area contributed by atoms with Gasteiger partial charge in [-0.25, -0.2) is 9.67 Å². The standard InChI is InChI=1S/C15H14N4O2/c1-21-11-7-8-17-15-12(11)13(14(16)20)18-19(15)9-10-5-3-2-4-6-10/h2-8H,9H2,1H3,(H2,16,20). The fraction of sp³-hybridized carbons (Fsp3) is 0.133. The molecule has 2 N–H and O–H groups in total. The number of pyridine rings is 1. The molecule has 6 nitrogen and oxygen atoms in total. The number of methoxy groups -OCH3 is 1. The molecule has 0 radical (unpaired) electrons. The minimum Gasteiger partial charge on any atom is -0.496 e. The van der Waals surface area contributed by atoms with Crippen molar-refractivity contribution >= 4 is 16.9 Å². The zero-order valence-electron chi connectivity index (χ0n) is 11.5. The van der Waals surface area contributed by atoms with Gasteiger partial charge < -0.3 is 10.5 Å². The van der Waals surface area contributed by atoms with Crippen molar-refractivity contribution in [2.24, 2.45) is 5.73 Å². The number of hydrogen-bond acceptors (Lipinski definition) is 4. The van der Waals surface area contributed by atoms with Crippen LogP contribution in [0.1, 0.15) is 16.1 Å². The van der Waals surface area contributed by atoms with Gasteiger partial charge >= 0.3 is 0 Å². The number of primary amides is 1. The number of hydrogen-bond donors (Lipinski definition) is 1. The third kappa shape index (κ3) is 2.31. The predicted octanol–water partition coefficient (Wildman–Crippen LogP) is 1.59. The third-order valence-corrected chi connectivity index (χ3v) is 3.22. The molecule has 0 aliphatic rings. The van der Waals surface area contributed by atoms with Crippen LogP contribution in [0.25, 0.3) is 11.0 Å². The van der Waals surface area contributed by atoms with Crippen LogP contribution in [-0.4, -0.2) is 27.8 Å². The summed E-state index contributed by atoms with van der Waals surface area (Å²) >= 11 is 0. The molecule has 0 spiro atoms. The summed E-state index contributed by atoms with van der Waals surface area (Å²) in [6.45, 7) is 0.505. The summed E-state index contributed by atoms with van der Waals surface area (Å²) in [5.41, 5.74) is 7.22.